The molecule has 10 heteroatoms. The van der Waals surface area contributed by atoms with Crippen LogP contribution in [0.5, 0.6) is 0 Å². The number of amides is 1. The average molecular weight is 473 g/mol. The van der Waals surface area contributed by atoms with Crippen LogP contribution in [-0.4, -0.2) is 40.9 Å². The van der Waals surface area contributed by atoms with Crippen molar-refractivity contribution >= 4 is 11.9 Å². The number of nitrogens with zero attached hydrogens (tertiary/aromatic N) is 2. The number of hydrogen-bond donors (Lipinski definition) is 1. The normalized spacial score (nSPS) is 13.3. The molecule has 0 saturated heterocycles. The maximum atomic E-state index is 12.9. The fraction of sp³-hybridized carbons (Fsp3) is 0.292. The number of ether oxygens (including phenoxy) is 1. The van der Waals surface area contributed by atoms with E-state index in [-0.39, 0.29) is 29.9 Å². The molecule has 1 aliphatic rings. The number of hydrogen-bond acceptors (Lipinski definition) is 5. The molecule has 1 N–H and O–H groups in total. The highest BCUT2D eigenvalue weighted by molar-refractivity contribution is 5.98. The predicted molar refractivity (Wildman–Crippen MR) is 116 cm³/mol. The number of aryl methyl sites for hydroxylation is 1. The minimum atomic E-state index is -5.17. The summed E-state index contributed by atoms with van der Waals surface area (Å²) >= 11 is 0. The van der Waals surface area contributed by atoms with Crippen LogP contribution in [0.25, 0.3) is 11.3 Å². The molecule has 0 atom stereocenters. The molecule has 0 radical (unpaired) electrons. The summed E-state index contributed by atoms with van der Waals surface area (Å²) in [5.41, 5.74) is 2.80. The van der Waals surface area contributed by atoms with Crippen LogP contribution in [-0.2, 0) is 29.0 Å². The van der Waals surface area contributed by atoms with E-state index in [1.807, 2.05) is 30.3 Å². The number of pyridine rings is 1. The highest BCUT2D eigenvalue weighted by Gasteiger charge is 2.43. The topological polar surface area (TPSA) is 82.4 Å². The van der Waals surface area contributed by atoms with E-state index in [2.05, 4.69) is 15.1 Å². The van der Waals surface area contributed by atoms with Gasteiger partial charge in [-0.1, -0.05) is 30.3 Å². The van der Waals surface area contributed by atoms with Crippen LogP contribution in [0.3, 0.4) is 0 Å². The van der Waals surface area contributed by atoms with Gasteiger partial charge in [0.15, 0.2) is 0 Å². The van der Waals surface area contributed by atoms with E-state index in [9.17, 15) is 22.8 Å². The monoisotopic (exact) mass is 473 g/mol. The van der Waals surface area contributed by atoms with Crippen molar-refractivity contribution in [3.63, 3.8) is 0 Å². The zero-order valence-electron chi connectivity index (χ0n) is 18.1. The Kier molecular flexibility index (Phi) is 6.97. The fourth-order valence-electron chi connectivity index (χ4n) is 3.69. The first-order chi connectivity index (χ1) is 16.3. The number of nitrogens with one attached hydrogen (secondary N) is 1. The second-order valence-electron chi connectivity index (χ2n) is 7.74. The van der Waals surface area contributed by atoms with E-state index in [0.717, 1.165) is 10.3 Å². The number of alkyl halides is 3. The molecule has 2 aromatic heterocycles. The summed E-state index contributed by atoms with van der Waals surface area (Å²) < 4.78 is 45.1. The number of halogens is 3. The lowest BCUT2D eigenvalue weighted by atomic mass is 10.1. The first kappa shape index (κ1) is 23.5. The van der Waals surface area contributed by atoms with E-state index >= 15 is 0 Å². The Morgan fingerprint density at radius 3 is 2.71 bits per heavy atom. The lowest BCUT2D eigenvalue weighted by molar-refractivity contribution is -0.199. The molecule has 1 amide bonds. The largest absolute Gasteiger partial charge is 0.493 e. The Labute approximate surface area is 193 Å². The fourth-order valence-corrected chi connectivity index (χ4v) is 3.69. The Bertz CT molecular complexity index is 1180. The summed E-state index contributed by atoms with van der Waals surface area (Å²) in [5.74, 6) is -2.79. The molecule has 3 heterocycles. The molecule has 4 rings (SSSR count). The van der Waals surface area contributed by atoms with Gasteiger partial charge in [-0.25, -0.2) is 4.79 Å². The van der Waals surface area contributed by atoms with Gasteiger partial charge in [0, 0.05) is 37.0 Å². The van der Waals surface area contributed by atoms with Gasteiger partial charge in [0.05, 0.1) is 23.6 Å². The standard InChI is InChI=1S/C24H22F3N3O4/c25-24(26,27)23(32)34-30-20-9-11-29-22(31)19(20)14-21(30)17-8-10-28-18(13-17)7-4-12-33-15-16-5-2-1-3-6-16/h1-3,5-6,8,10,13-14H,4,7,9,11-12,15H2,(H,29,31). The summed E-state index contributed by atoms with van der Waals surface area (Å²) in [7, 11) is 0. The predicted octanol–water partition coefficient (Wildman–Crippen LogP) is 3.50. The van der Waals surface area contributed by atoms with Gasteiger partial charge >= 0.3 is 12.1 Å². The van der Waals surface area contributed by atoms with E-state index in [4.69, 9.17) is 4.74 Å². The summed E-state index contributed by atoms with van der Waals surface area (Å²) in [5, 5.41) is 2.64. The first-order valence-corrected chi connectivity index (χ1v) is 10.7. The van der Waals surface area contributed by atoms with Gasteiger partial charge < -0.3 is 14.9 Å². The number of rotatable bonds is 8. The molecule has 0 aliphatic carbocycles. The molecule has 3 aromatic rings. The molecule has 0 spiro atoms. The third-order valence-corrected chi connectivity index (χ3v) is 5.30. The van der Waals surface area contributed by atoms with Crippen LogP contribution >= 0.6 is 0 Å². The molecule has 1 aliphatic heterocycles. The number of fused-ring (bicyclic) bond motifs is 1. The van der Waals surface area contributed by atoms with Gasteiger partial charge in [-0.15, -0.1) is 0 Å². The Morgan fingerprint density at radius 1 is 1.15 bits per heavy atom. The van der Waals surface area contributed by atoms with Crippen molar-refractivity contribution in [3.8, 4) is 11.3 Å². The highest BCUT2D eigenvalue weighted by atomic mass is 19.4. The number of carbonyl (C=O) groups excluding carboxylic acids is 2. The molecule has 178 valence electrons. The average Bonchev–Trinajstić information content (AvgIpc) is 3.19. The van der Waals surface area contributed by atoms with Gasteiger partial charge in [0.25, 0.3) is 5.91 Å². The second-order valence-corrected chi connectivity index (χ2v) is 7.74. The first-order valence-electron chi connectivity index (χ1n) is 10.7. The highest BCUT2D eigenvalue weighted by Crippen LogP contribution is 2.29. The van der Waals surface area contributed by atoms with Crippen molar-refractivity contribution < 1.29 is 32.3 Å². The van der Waals surface area contributed by atoms with Crippen molar-refractivity contribution in [2.24, 2.45) is 0 Å². The minimum Gasteiger partial charge on any atom is -0.377 e. The molecule has 34 heavy (non-hydrogen) atoms. The molecule has 0 unspecified atom stereocenters. The van der Waals surface area contributed by atoms with E-state index < -0.39 is 18.1 Å². The minimum absolute atomic E-state index is 0.170. The molecule has 0 saturated carbocycles. The molecule has 0 bridgehead atoms. The van der Waals surface area contributed by atoms with Crippen molar-refractivity contribution in [2.45, 2.75) is 32.0 Å². The van der Waals surface area contributed by atoms with Gasteiger partial charge in [0.1, 0.15) is 0 Å². The quantitative estimate of drug-likeness (QED) is 0.507. The second kappa shape index (κ2) is 10.1. The maximum absolute atomic E-state index is 12.9. The molecular weight excluding hydrogens is 451 g/mol. The Hall–Kier alpha value is -3.66. The third kappa shape index (κ3) is 5.45. The van der Waals surface area contributed by atoms with Crippen molar-refractivity contribution in [1.82, 2.24) is 15.0 Å². The lowest BCUT2D eigenvalue weighted by Crippen LogP contribution is -2.37. The summed E-state index contributed by atoms with van der Waals surface area (Å²) in [6.07, 6.45) is -2.16. The smallest absolute Gasteiger partial charge is 0.377 e. The van der Waals surface area contributed by atoms with Gasteiger partial charge in [-0.3, -0.25) is 9.78 Å². The zero-order chi connectivity index (χ0) is 24.1. The van der Waals surface area contributed by atoms with Crippen LogP contribution in [0.4, 0.5) is 13.2 Å². The van der Waals surface area contributed by atoms with Crippen LogP contribution in [0.1, 0.15) is 33.7 Å². The summed E-state index contributed by atoms with van der Waals surface area (Å²) in [6, 6.07) is 14.5. The number of benzene rings is 1. The van der Waals surface area contributed by atoms with Crippen molar-refractivity contribution in [2.75, 3.05) is 13.2 Å². The van der Waals surface area contributed by atoms with E-state index in [1.54, 1.807) is 12.1 Å². The van der Waals surface area contributed by atoms with Gasteiger partial charge in [-0.2, -0.15) is 17.9 Å². The van der Waals surface area contributed by atoms with Gasteiger partial charge in [-0.05, 0) is 36.6 Å². The molecule has 1 aromatic carbocycles. The zero-order valence-corrected chi connectivity index (χ0v) is 18.1. The number of aromatic nitrogens is 2. The summed E-state index contributed by atoms with van der Waals surface area (Å²) in [4.78, 5) is 32.8. The van der Waals surface area contributed by atoms with Crippen molar-refractivity contribution in [3.05, 3.63) is 77.2 Å². The molecular formula is C24H22F3N3O4. The Balaban J connectivity index is 1.49. The summed E-state index contributed by atoms with van der Waals surface area (Å²) in [6.45, 7) is 1.23. The molecule has 7 nitrogen and oxygen atoms in total. The SMILES string of the molecule is O=C1NCCc2c1cc(-c1ccnc(CCCOCc3ccccc3)c1)n2OC(=O)C(F)(F)F. The third-order valence-electron chi connectivity index (χ3n) is 5.30. The van der Waals surface area contributed by atoms with Crippen LogP contribution in [0.15, 0.2) is 54.7 Å². The van der Waals surface area contributed by atoms with Crippen LogP contribution in [0.2, 0.25) is 0 Å². The van der Waals surface area contributed by atoms with Crippen LogP contribution in [0, 0.1) is 0 Å². The van der Waals surface area contributed by atoms with Gasteiger partial charge in [0.2, 0.25) is 0 Å². The molecule has 0 fully saturated rings. The van der Waals surface area contributed by atoms with E-state index in [1.165, 1.54) is 12.3 Å². The van der Waals surface area contributed by atoms with E-state index in [0.29, 0.717) is 37.3 Å². The Morgan fingerprint density at radius 2 is 1.94 bits per heavy atom. The van der Waals surface area contributed by atoms with Crippen molar-refractivity contribution in [1.29, 1.82) is 0 Å². The van der Waals surface area contributed by atoms with Crippen LogP contribution < -0.4 is 10.2 Å². The maximum Gasteiger partial charge on any atom is 0.493 e. The number of carbonyl (C=O) groups is 2. The lowest BCUT2D eigenvalue weighted by Gasteiger charge is -2.17.